The maximum Gasteiger partial charge on any atom is 0.223 e. The summed E-state index contributed by atoms with van der Waals surface area (Å²) in [5.41, 5.74) is 6.93. The Morgan fingerprint density at radius 2 is 2.12 bits per heavy atom. The molecule has 1 aromatic carbocycles. The van der Waals surface area contributed by atoms with Gasteiger partial charge in [-0.3, -0.25) is 4.79 Å². The third-order valence-corrected chi connectivity index (χ3v) is 2.66. The summed E-state index contributed by atoms with van der Waals surface area (Å²) in [5, 5.41) is 9.43. The van der Waals surface area contributed by atoms with Gasteiger partial charge in [0.1, 0.15) is 5.75 Å². The van der Waals surface area contributed by atoms with Crippen molar-refractivity contribution in [3.63, 3.8) is 0 Å². The van der Waals surface area contributed by atoms with E-state index in [1.807, 2.05) is 19.1 Å². The molecule has 2 atom stereocenters. The van der Waals surface area contributed by atoms with E-state index < -0.39 is 6.10 Å². The van der Waals surface area contributed by atoms with Crippen LogP contribution in [0.25, 0.3) is 0 Å². The van der Waals surface area contributed by atoms with Gasteiger partial charge in [0.15, 0.2) is 0 Å². The number of aryl methyl sites for hydroxylation is 1. The second kappa shape index (κ2) is 5.68. The van der Waals surface area contributed by atoms with Gasteiger partial charge in [0.05, 0.1) is 18.6 Å². The summed E-state index contributed by atoms with van der Waals surface area (Å²) in [6.45, 7) is 5.60. The molecule has 17 heavy (non-hydrogen) atoms. The second-order valence-electron chi connectivity index (χ2n) is 4.32. The smallest absolute Gasteiger partial charge is 0.223 e. The van der Waals surface area contributed by atoms with Crippen molar-refractivity contribution < 1.29 is 14.6 Å². The van der Waals surface area contributed by atoms with Crippen molar-refractivity contribution >= 4 is 5.91 Å². The molecule has 0 fully saturated rings. The molecule has 3 N–H and O–H groups in total. The molecule has 0 heterocycles. The van der Waals surface area contributed by atoms with Crippen molar-refractivity contribution in [2.45, 2.75) is 26.9 Å². The summed E-state index contributed by atoms with van der Waals surface area (Å²) >= 11 is 0. The van der Waals surface area contributed by atoms with Crippen LogP contribution in [0.5, 0.6) is 5.75 Å². The summed E-state index contributed by atoms with van der Waals surface area (Å²) in [6.07, 6.45) is -0.493. The molecule has 1 amide bonds. The minimum atomic E-state index is -0.493. The quantitative estimate of drug-likeness (QED) is 0.816. The van der Waals surface area contributed by atoms with E-state index in [0.29, 0.717) is 5.75 Å². The zero-order valence-electron chi connectivity index (χ0n) is 10.4. The molecule has 94 valence electrons. The van der Waals surface area contributed by atoms with E-state index in [1.165, 1.54) is 0 Å². The number of nitrogens with two attached hydrogens (primary N) is 1. The van der Waals surface area contributed by atoms with Gasteiger partial charge in [-0.25, -0.2) is 0 Å². The predicted octanol–water partition coefficient (Wildman–Crippen LogP) is 1.55. The molecule has 0 spiro atoms. The van der Waals surface area contributed by atoms with Crippen LogP contribution in [0, 0.1) is 12.8 Å². The first-order valence-electron chi connectivity index (χ1n) is 5.62. The molecular weight excluding hydrogens is 218 g/mol. The predicted molar refractivity (Wildman–Crippen MR) is 65.7 cm³/mol. The lowest BCUT2D eigenvalue weighted by molar-refractivity contribution is -0.122. The molecule has 0 bridgehead atoms. The number of aliphatic hydroxyl groups excluding tert-OH is 1. The summed E-state index contributed by atoms with van der Waals surface area (Å²) in [6, 6.07) is 5.47. The van der Waals surface area contributed by atoms with Crippen molar-refractivity contribution in [1.82, 2.24) is 0 Å². The van der Waals surface area contributed by atoms with Crippen LogP contribution in [0.2, 0.25) is 0 Å². The molecule has 1 rings (SSSR count). The minimum Gasteiger partial charge on any atom is -0.493 e. The highest BCUT2D eigenvalue weighted by Crippen LogP contribution is 2.23. The number of rotatable bonds is 5. The van der Waals surface area contributed by atoms with Crippen LogP contribution in [-0.2, 0) is 4.79 Å². The van der Waals surface area contributed by atoms with Crippen LogP contribution in [0.15, 0.2) is 18.2 Å². The Bertz CT molecular complexity index is 402. The Morgan fingerprint density at radius 1 is 1.47 bits per heavy atom. The first-order valence-corrected chi connectivity index (χ1v) is 5.62. The lowest BCUT2D eigenvalue weighted by Gasteiger charge is -2.13. The van der Waals surface area contributed by atoms with Gasteiger partial charge in [0.2, 0.25) is 5.91 Å². The van der Waals surface area contributed by atoms with Gasteiger partial charge in [-0.2, -0.15) is 0 Å². The SMILES string of the molecule is Cc1cc([C@@H](C)O)ccc1OCC(C)C(N)=O. The van der Waals surface area contributed by atoms with Gasteiger partial charge in [-0.05, 0) is 37.1 Å². The number of primary amides is 1. The first-order chi connectivity index (χ1) is 7.91. The third-order valence-electron chi connectivity index (χ3n) is 2.66. The highest BCUT2D eigenvalue weighted by Gasteiger charge is 2.11. The van der Waals surface area contributed by atoms with E-state index in [4.69, 9.17) is 10.5 Å². The molecule has 1 unspecified atom stereocenters. The maximum atomic E-state index is 10.9. The number of carbonyl (C=O) groups is 1. The number of hydrogen-bond donors (Lipinski definition) is 2. The fourth-order valence-electron chi connectivity index (χ4n) is 1.39. The largest absolute Gasteiger partial charge is 0.493 e. The van der Waals surface area contributed by atoms with Crippen molar-refractivity contribution in [3.8, 4) is 5.75 Å². The zero-order chi connectivity index (χ0) is 13.0. The van der Waals surface area contributed by atoms with E-state index in [1.54, 1.807) is 19.9 Å². The fourth-order valence-corrected chi connectivity index (χ4v) is 1.39. The topological polar surface area (TPSA) is 72.6 Å². The van der Waals surface area contributed by atoms with Crippen LogP contribution in [-0.4, -0.2) is 17.6 Å². The number of aliphatic hydroxyl groups is 1. The molecule has 0 saturated carbocycles. The molecule has 1 aromatic rings. The molecular formula is C13H19NO3. The van der Waals surface area contributed by atoms with Crippen molar-refractivity contribution in [3.05, 3.63) is 29.3 Å². The average molecular weight is 237 g/mol. The van der Waals surface area contributed by atoms with Crippen molar-refractivity contribution in [2.75, 3.05) is 6.61 Å². The highest BCUT2D eigenvalue weighted by molar-refractivity contribution is 5.76. The molecule has 0 aromatic heterocycles. The van der Waals surface area contributed by atoms with E-state index in [0.717, 1.165) is 11.1 Å². The van der Waals surface area contributed by atoms with Crippen molar-refractivity contribution in [1.29, 1.82) is 0 Å². The Morgan fingerprint density at radius 3 is 2.59 bits per heavy atom. The average Bonchev–Trinajstić information content (AvgIpc) is 2.26. The maximum absolute atomic E-state index is 10.9. The van der Waals surface area contributed by atoms with Gasteiger partial charge in [-0.15, -0.1) is 0 Å². The summed E-state index contributed by atoms with van der Waals surface area (Å²) in [4.78, 5) is 10.9. The minimum absolute atomic E-state index is 0.268. The van der Waals surface area contributed by atoms with Gasteiger partial charge < -0.3 is 15.6 Å². The number of carbonyl (C=O) groups excluding carboxylic acids is 1. The van der Waals surface area contributed by atoms with Gasteiger partial charge in [0.25, 0.3) is 0 Å². The van der Waals surface area contributed by atoms with Crippen LogP contribution < -0.4 is 10.5 Å². The van der Waals surface area contributed by atoms with Gasteiger partial charge >= 0.3 is 0 Å². The summed E-state index contributed by atoms with van der Waals surface area (Å²) in [7, 11) is 0. The first kappa shape index (κ1) is 13.5. The lowest BCUT2D eigenvalue weighted by atomic mass is 10.1. The molecule has 0 aliphatic heterocycles. The number of hydrogen-bond acceptors (Lipinski definition) is 3. The van der Waals surface area contributed by atoms with E-state index in [9.17, 15) is 9.90 Å². The third kappa shape index (κ3) is 3.75. The standard InChI is InChI=1S/C13H19NO3/c1-8-6-11(10(3)15)4-5-12(8)17-7-9(2)13(14)16/h4-6,9-10,15H,7H2,1-3H3,(H2,14,16)/t9?,10-/m1/s1. The van der Waals surface area contributed by atoms with Crippen LogP contribution in [0.1, 0.15) is 31.1 Å². The van der Waals surface area contributed by atoms with Gasteiger partial charge in [0, 0.05) is 0 Å². The highest BCUT2D eigenvalue weighted by atomic mass is 16.5. The molecule has 4 heteroatoms. The zero-order valence-corrected chi connectivity index (χ0v) is 10.4. The Kier molecular flexibility index (Phi) is 4.52. The Balaban J connectivity index is 2.70. The molecule has 0 aliphatic carbocycles. The Hall–Kier alpha value is -1.55. The van der Waals surface area contributed by atoms with E-state index >= 15 is 0 Å². The molecule has 0 radical (unpaired) electrons. The Labute approximate surface area is 101 Å². The number of benzene rings is 1. The summed E-state index contributed by atoms with van der Waals surface area (Å²) < 4.78 is 5.51. The van der Waals surface area contributed by atoms with Crippen LogP contribution in [0.3, 0.4) is 0 Å². The van der Waals surface area contributed by atoms with E-state index in [2.05, 4.69) is 0 Å². The lowest BCUT2D eigenvalue weighted by Crippen LogP contribution is -2.25. The molecule has 0 saturated heterocycles. The summed E-state index contributed by atoms with van der Waals surface area (Å²) in [5.74, 6) is 0.0246. The van der Waals surface area contributed by atoms with Crippen LogP contribution in [0.4, 0.5) is 0 Å². The number of ether oxygens (including phenoxy) is 1. The normalized spacial score (nSPS) is 14.1. The molecule has 4 nitrogen and oxygen atoms in total. The van der Waals surface area contributed by atoms with E-state index in [-0.39, 0.29) is 18.4 Å². The van der Waals surface area contributed by atoms with Crippen LogP contribution >= 0.6 is 0 Å². The molecule has 0 aliphatic rings. The van der Waals surface area contributed by atoms with Gasteiger partial charge in [-0.1, -0.05) is 13.0 Å². The monoisotopic (exact) mass is 237 g/mol. The number of amides is 1. The van der Waals surface area contributed by atoms with Crippen molar-refractivity contribution in [2.24, 2.45) is 11.7 Å². The fraction of sp³-hybridized carbons (Fsp3) is 0.462. The second-order valence-corrected chi connectivity index (χ2v) is 4.32.